The number of unbranched alkanes of at least 4 members (excludes halogenated alkanes) is 15. The number of hydrogen-bond donors (Lipinski definition) is 2. The van der Waals surface area contributed by atoms with Crippen molar-refractivity contribution in [3.05, 3.63) is 58.8 Å². The van der Waals surface area contributed by atoms with Gasteiger partial charge in [0.25, 0.3) is 5.91 Å². The van der Waals surface area contributed by atoms with Crippen LogP contribution in [0.3, 0.4) is 0 Å². The average Bonchev–Trinajstić information content (AvgIpc) is 3.11. The number of amides is 3. The van der Waals surface area contributed by atoms with Crippen molar-refractivity contribution in [3.8, 4) is 0 Å². The van der Waals surface area contributed by atoms with Gasteiger partial charge in [-0.25, -0.2) is 9.59 Å². The summed E-state index contributed by atoms with van der Waals surface area (Å²) in [4.78, 5) is 43.3. The van der Waals surface area contributed by atoms with Crippen LogP contribution < -0.4 is 15.5 Å². The Kier molecular flexibility index (Phi) is 23.7. The molecule has 1 aromatic carbocycles. The van der Waals surface area contributed by atoms with Crippen LogP contribution in [0.15, 0.2) is 53.3 Å². The van der Waals surface area contributed by atoms with Gasteiger partial charge in [0.1, 0.15) is 19.3 Å². The number of aromatic nitrogens is 1. The highest BCUT2D eigenvalue weighted by molar-refractivity contribution is 9.10. The van der Waals surface area contributed by atoms with Crippen molar-refractivity contribution < 1.29 is 28.6 Å². The summed E-state index contributed by atoms with van der Waals surface area (Å²) in [6.45, 7) is 3.04. The highest BCUT2D eigenvalue weighted by atomic mass is 79.9. The van der Waals surface area contributed by atoms with Gasteiger partial charge < -0.3 is 29.7 Å². The molecular weight excluding hydrogens is 688 g/mol. The van der Waals surface area contributed by atoms with Crippen LogP contribution >= 0.6 is 15.9 Å². The molecule has 0 aliphatic rings. The number of methoxy groups -OCH3 is 1. The Balaban J connectivity index is 1.50. The van der Waals surface area contributed by atoms with Gasteiger partial charge in [0, 0.05) is 49.3 Å². The van der Waals surface area contributed by atoms with E-state index in [1.54, 1.807) is 17.2 Å². The highest BCUT2D eigenvalue weighted by Crippen LogP contribution is 2.18. The molecule has 10 nitrogen and oxygen atoms in total. The third kappa shape index (κ3) is 20.2. The van der Waals surface area contributed by atoms with E-state index in [-0.39, 0.29) is 32.2 Å². The van der Waals surface area contributed by atoms with Crippen molar-refractivity contribution in [2.75, 3.05) is 44.9 Å². The number of rotatable bonds is 27. The van der Waals surface area contributed by atoms with E-state index < -0.39 is 18.3 Å². The molecule has 2 rings (SSSR count). The zero-order valence-electron chi connectivity index (χ0n) is 29.8. The molecule has 1 aromatic heterocycles. The Labute approximate surface area is 302 Å². The second-order valence-corrected chi connectivity index (χ2v) is 13.3. The second kappa shape index (κ2) is 27.6. The van der Waals surface area contributed by atoms with Crippen molar-refractivity contribution >= 4 is 39.7 Å². The summed E-state index contributed by atoms with van der Waals surface area (Å²) in [5.41, 5.74) is 1.10. The molecule has 1 atom stereocenters. The first-order valence-electron chi connectivity index (χ1n) is 18.3. The Bertz CT molecular complexity index is 1170. The fourth-order valence-corrected chi connectivity index (χ4v) is 5.76. The second-order valence-electron chi connectivity index (χ2n) is 12.4. The van der Waals surface area contributed by atoms with E-state index in [9.17, 15) is 14.4 Å². The lowest BCUT2D eigenvalue weighted by molar-refractivity contribution is -0.00442. The van der Waals surface area contributed by atoms with Crippen molar-refractivity contribution in [2.24, 2.45) is 0 Å². The van der Waals surface area contributed by atoms with Crippen molar-refractivity contribution in [3.63, 3.8) is 0 Å². The zero-order chi connectivity index (χ0) is 35.4. The van der Waals surface area contributed by atoms with Crippen LogP contribution in [0.1, 0.15) is 120 Å². The number of benzene rings is 1. The van der Waals surface area contributed by atoms with Gasteiger partial charge in [0.2, 0.25) is 0 Å². The van der Waals surface area contributed by atoms with E-state index in [1.807, 2.05) is 30.3 Å². The molecule has 0 aliphatic heterocycles. The van der Waals surface area contributed by atoms with Crippen molar-refractivity contribution in [2.45, 2.75) is 116 Å². The number of nitrogens with zero attached hydrogens (tertiary/aromatic N) is 2. The summed E-state index contributed by atoms with van der Waals surface area (Å²) in [7, 11) is 1.46. The molecule has 0 radical (unpaired) electrons. The minimum Gasteiger partial charge on any atom is -0.447 e. The Morgan fingerprint density at radius 1 is 0.735 bits per heavy atom. The van der Waals surface area contributed by atoms with Gasteiger partial charge in [-0.15, -0.1) is 0 Å². The third-order valence-electron chi connectivity index (χ3n) is 8.30. The summed E-state index contributed by atoms with van der Waals surface area (Å²) in [5.74, 6) is -0.250. The first kappa shape index (κ1) is 42.0. The van der Waals surface area contributed by atoms with Crippen molar-refractivity contribution in [1.82, 2.24) is 15.6 Å². The van der Waals surface area contributed by atoms with Crippen LogP contribution in [0.2, 0.25) is 0 Å². The molecular formula is C38H59BrN4O6. The molecule has 274 valence electrons. The lowest BCUT2D eigenvalue weighted by atomic mass is 10.0. The Morgan fingerprint density at radius 3 is 1.76 bits per heavy atom. The molecule has 2 aromatic rings. The quantitative estimate of drug-likeness (QED) is 0.0875. The number of anilines is 1. The first-order chi connectivity index (χ1) is 23.9. The monoisotopic (exact) mass is 746 g/mol. The molecule has 0 saturated heterocycles. The van der Waals surface area contributed by atoms with Crippen LogP contribution in [-0.2, 0) is 14.2 Å². The van der Waals surface area contributed by atoms with Gasteiger partial charge in [0.05, 0.1) is 5.56 Å². The minimum atomic E-state index is -0.667. The lowest BCUT2D eigenvalue weighted by Gasteiger charge is -2.23. The van der Waals surface area contributed by atoms with Crippen LogP contribution in [0.5, 0.6) is 0 Å². The van der Waals surface area contributed by atoms with Crippen LogP contribution in [0.25, 0.3) is 0 Å². The molecule has 0 saturated carbocycles. The number of ether oxygens (including phenoxy) is 3. The van der Waals surface area contributed by atoms with Gasteiger partial charge in [-0.2, -0.15) is 0 Å². The summed E-state index contributed by atoms with van der Waals surface area (Å²) < 4.78 is 16.5. The molecule has 0 aliphatic carbocycles. The largest absolute Gasteiger partial charge is 0.447 e. The molecule has 11 heteroatoms. The first-order valence-corrected chi connectivity index (χ1v) is 19.0. The summed E-state index contributed by atoms with van der Waals surface area (Å²) >= 11 is 3.35. The molecule has 3 amide bonds. The van der Waals surface area contributed by atoms with Crippen molar-refractivity contribution in [1.29, 1.82) is 0 Å². The van der Waals surface area contributed by atoms with E-state index in [1.165, 1.54) is 103 Å². The predicted molar refractivity (Wildman–Crippen MR) is 199 cm³/mol. The van der Waals surface area contributed by atoms with Gasteiger partial charge in [0.15, 0.2) is 0 Å². The van der Waals surface area contributed by atoms with E-state index >= 15 is 0 Å². The highest BCUT2D eigenvalue weighted by Gasteiger charge is 2.19. The third-order valence-corrected chi connectivity index (χ3v) is 8.74. The maximum absolute atomic E-state index is 13.2. The van der Waals surface area contributed by atoms with Crippen LogP contribution in [0, 0.1) is 0 Å². The number of carbonyl (C=O) groups excluding carboxylic acids is 3. The fourth-order valence-electron chi connectivity index (χ4n) is 5.40. The molecule has 0 spiro atoms. The van der Waals surface area contributed by atoms with Gasteiger partial charge in [-0.1, -0.05) is 121 Å². The van der Waals surface area contributed by atoms with E-state index in [0.29, 0.717) is 22.3 Å². The molecule has 2 N–H and O–H groups in total. The Morgan fingerprint density at radius 2 is 1.24 bits per heavy atom. The molecule has 0 bridgehead atoms. The summed E-state index contributed by atoms with van der Waals surface area (Å²) in [5, 5.41) is 5.44. The standard InChI is InChI=1S/C38H59BrN4O6/c1-3-4-5-6-7-8-9-10-11-12-13-14-15-16-17-21-24-41-37(45)48-30-35(47-2)31-49-38(46)42-25-26-43(34-22-19-18-20-23-34)36(44)32-27-33(39)29-40-28-32/h18-20,22-23,27-29,35H,3-17,21,24-26,30-31H2,1-2H3,(H,41,45)(H,42,46). The van der Waals surface area contributed by atoms with Gasteiger partial charge in [-0.05, 0) is 40.5 Å². The van der Waals surface area contributed by atoms with Crippen LogP contribution in [-0.4, -0.2) is 69.1 Å². The molecule has 1 unspecified atom stereocenters. The number of halogens is 1. The number of para-hydroxylation sites is 1. The van der Waals surface area contributed by atoms with E-state index in [4.69, 9.17) is 14.2 Å². The number of carbonyl (C=O) groups is 3. The molecule has 1 heterocycles. The average molecular weight is 748 g/mol. The fraction of sp³-hybridized carbons (Fsp3) is 0.632. The molecule has 49 heavy (non-hydrogen) atoms. The normalized spacial score (nSPS) is 11.5. The van der Waals surface area contributed by atoms with Gasteiger partial charge in [-0.3, -0.25) is 9.78 Å². The zero-order valence-corrected chi connectivity index (χ0v) is 31.4. The smallest absolute Gasteiger partial charge is 0.407 e. The topological polar surface area (TPSA) is 119 Å². The number of alkyl carbamates (subject to hydrolysis) is 2. The van der Waals surface area contributed by atoms with Gasteiger partial charge >= 0.3 is 12.2 Å². The van der Waals surface area contributed by atoms with Crippen LogP contribution in [0.4, 0.5) is 15.3 Å². The maximum atomic E-state index is 13.2. The predicted octanol–water partition coefficient (Wildman–Crippen LogP) is 9.22. The summed E-state index contributed by atoms with van der Waals surface area (Å²) in [6.07, 6.45) is 22.2. The number of nitrogens with one attached hydrogen (secondary N) is 2. The minimum absolute atomic E-state index is 0.0501. The molecule has 0 fully saturated rings. The SMILES string of the molecule is CCCCCCCCCCCCCCCCCCNC(=O)OCC(COC(=O)NCCN(C(=O)c1cncc(Br)c1)c1ccccc1)OC. The lowest BCUT2D eigenvalue weighted by Crippen LogP contribution is -2.40. The summed E-state index contributed by atoms with van der Waals surface area (Å²) in [6, 6.07) is 10.9. The number of pyridine rings is 1. The van der Waals surface area contributed by atoms with E-state index in [0.717, 1.165) is 12.8 Å². The Hall–Kier alpha value is -3.18. The van der Waals surface area contributed by atoms with E-state index in [2.05, 4.69) is 38.5 Å². The maximum Gasteiger partial charge on any atom is 0.407 e. The number of hydrogen-bond acceptors (Lipinski definition) is 7.